The Balaban J connectivity index is 1.89. The molecule has 0 saturated carbocycles. The molecule has 1 fully saturated rings. The van der Waals surface area contributed by atoms with Gasteiger partial charge in [0.15, 0.2) is 0 Å². The lowest BCUT2D eigenvalue weighted by molar-refractivity contribution is -0.142. The van der Waals surface area contributed by atoms with Crippen molar-refractivity contribution in [1.82, 2.24) is 4.90 Å². The lowest BCUT2D eigenvalue weighted by Crippen LogP contribution is -2.37. The van der Waals surface area contributed by atoms with Gasteiger partial charge in [-0.05, 0) is 49.9 Å². The summed E-state index contributed by atoms with van der Waals surface area (Å²) in [7, 11) is 0. The van der Waals surface area contributed by atoms with Crippen LogP contribution in [0.4, 0.5) is 4.39 Å². The van der Waals surface area contributed by atoms with Gasteiger partial charge in [-0.1, -0.05) is 12.1 Å². The van der Waals surface area contributed by atoms with E-state index in [0.29, 0.717) is 5.92 Å². The van der Waals surface area contributed by atoms with E-state index in [1.165, 1.54) is 12.1 Å². The van der Waals surface area contributed by atoms with Crippen LogP contribution in [0.2, 0.25) is 0 Å². The standard InChI is InChI=1S/C14H18FNO2/c1-10(14(17)18)16-7-6-12(9-16)8-11-2-4-13(15)5-3-11/h2-5,10,12H,6-9H2,1H3,(H,17,18)/t10-,12+/m0/s1. The molecule has 1 saturated heterocycles. The Labute approximate surface area is 106 Å². The second-order valence-corrected chi connectivity index (χ2v) is 4.99. The summed E-state index contributed by atoms with van der Waals surface area (Å²) in [5.41, 5.74) is 1.12. The molecule has 2 atom stereocenters. The number of benzene rings is 1. The third kappa shape index (κ3) is 3.07. The number of halogens is 1. The van der Waals surface area contributed by atoms with Gasteiger partial charge in [-0.25, -0.2) is 4.39 Å². The fourth-order valence-electron chi connectivity index (χ4n) is 2.49. The molecule has 4 heteroatoms. The minimum atomic E-state index is -0.766. The van der Waals surface area contributed by atoms with E-state index in [0.717, 1.165) is 31.5 Å². The zero-order valence-corrected chi connectivity index (χ0v) is 10.5. The molecule has 0 aromatic heterocycles. The molecule has 0 spiro atoms. The fourth-order valence-corrected chi connectivity index (χ4v) is 2.49. The van der Waals surface area contributed by atoms with Crippen molar-refractivity contribution in [2.24, 2.45) is 5.92 Å². The molecular formula is C14H18FNO2. The van der Waals surface area contributed by atoms with Gasteiger partial charge in [0, 0.05) is 6.54 Å². The van der Waals surface area contributed by atoms with E-state index < -0.39 is 12.0 Å². The number of nitrogens with zero attached hydrogens (tertiary/aromatic N) is 1. The molecule has 0 radical (unpaired) electrons. The van der Waals surface area contributed by atoms with Crippen LogP contribution < -0.4 is 0 Å². The Morgan fingerprint density at radius 2 is 2.17 bits per heavy atom. The summed E-state index contributed by atoms with van der Waals surface area (Å²) in [6.45, 7) is 3.37. The zero-order chi connectivity index (χ0) is 13.1. The number of carbonyl (C=O) groups is 1. The smallest absolute Gasteiger partial charge is 0.320 e. The fraction of sp³-hybridized carbons (Fsp3) is 0.500. The number of hydrogen-bond donors (Lipinski definition) is 1. The lowest BCUT2D eigenvalue weighted by atomic mass is 9.99. The van der Waals surface area contributed by atoms with Gasteiger partial charge < -0.3 is 5.11 Å². The van der Waals surface area contributed by atoms with Gasteiger partial charge in [0.2, 0.25) is 0 Å². The average molecular weight is 251 g/mol. The molecule has 2 rings (SSSR count). The van der Waals surface area contributed by atoms with Crippen LogP contribution in [0.25, 0.3) is 0 Å². The van der Waals surface area contributed by atoms with Crippen LogP contribution >= 0.6 is 0 Å². The van der Waals surface area contributed by atoms with Crippen molar-refractivity contribution in [3.05, 3.63) is 35.6 Å². The predicted octanol–water partition coefficient (Wildman–Crippen LogP) is 2.16. The topological polar surface area (TPSA) is 40.5 Å². The van der Waals surface area contributed by atoms with Gasteiger partial charge in [0.05, 0.1) is 0 Å². The van der Waals surface area contributed by atoms with E-state index in [1.54, 1.807) is 19.1 Å². The first-order valence-electron chi connectivity index (χ1n) is 6.27. The van der Waals surface area contributed by atoms with Crippen LogP contribution in [0.1, 0.15) is 18.9 Å². The number of carboxylic acids is 1. The summed E-state index contributed by atoms with van der Waals surface area (Å²) in [6, 6.07) is 6.14. The summed E-state index contributed by atoms with van der Waals surface area (Å²) < 4.78 is 12.8. The van der Waals surface area contributed by atoms with Gasteiger partial charge in [-0.15, -0.1) is 0 Å². The molecule has 1 aliphatic rings. The van der Waals surface area contributed by atoms with Crippen LogP contribution in [-0.2, 0) is 11.2 Å². The van der Waals surface area contributed by atoms with Gasteiger partial charge in [0.25, 0.3) is 0 Å². The minimum Gasteiger partial charge on any atom is -0.480 e. The third-order valence-electron chi connectivity index (χ3n) is 3.66. The molecule has 1 aromatic rings. The predicted molar refractivity (Wildman–Crippen MR) is 66.9 cm³/mol. The first-order chi connectivity index (χ1) is 8.56. The number of rotatable bonds is 4. The monoisotopic (exact) mass is 251 g/mol. The molecular weight excluding hydrogens is 233 g/mol. The highest BCUT2D eigenvalue weighted by molar-refractivity contribution is 5.72. The highest BCUT2D eigenvalue weighted by Crippen LogP contribution is 2.22. The molecule has 0 amide bonds. The molecule has 1 aliphatic heterocycles. The second-order valence-electron chi connectivity index (χ2n) is 4.99. The van der Waals surface area contributed by atoms with Crippen LogP contribution in [0.15, 0.2) is 24.3 Å². The summed E-state index contributed by atoms with van der Waals surface area (Å²) in [5, 5.41) is 8.97. The normalized spacial score (nSPS) is 22.0. The Bertz CT molecular complexity index is 418. The van der Waals surface area contributed by atoms with Gasteiger partial charge in [-0.3, -0.25) is 9.69 Å². The second kappa shape index (κ2) is 5.48. The maximum absolute atomic E-state index is 12.8. The van der Waals surface area contributed by atoms with E-state index in [-0.39, 0.29) is 5.82 Å². The Kier molecular flexibility index (Phi) is 3.97. The number of aliphatic carboxylic acids is 1. The average Bonchev–Trinajstić information content (AvgIpc) is 2.79. The van der Waals surface area contributed by atoms with Gasteiger partial charge >= 0.3 is 5.97 Å². The van der Waals surface area contributed by atoms with Crippen molar-refractivity contribution in [1.29, 1.82) is 0 Å². The van der Waals surface area contributed by atoms with Crippen molar-refractivity contribution in [3.63, 3.8) is 0 Å². The first-order valence-corrected chi connectivity index (χ1v) is 6.27. The maximum Gasteiger partial charge on any atom is 0.320 e. The third-order valence-corrected chi connectivity index (χ3v) is 3.66. The summed E-state index contributed by atoms with van der Waals surface area (Å²) in [5.74, 6) is -0.513. The highest BCUT2D eigenvalue weighted by Gasteiger charge is 2.29. The van der Waals surface area contributed by atoms with E-state index >= 15 is 0 Å². The van der Waals surface area contributed by atoms with Gasteiger partial charge in [-0.2, -0.15) is 0 Å². The van der Waals surface area contributed by atoms with Crippen LogP contribution in [-0.4, -0.2) is 35.1 Å². The van der Waals surface area contributed by atoms with Crippen molar-refractivity contribution in [3.8, 4) is 0 Å². The summed E-state index contributed by atoms with van der Waals surface area (Å²) in [6.07, 6.45) is 1.90. The van der Waals surface area contributed by atoms with Crippen LogP contribution in [0.3, 0.4) is 0 Å². The highest BCUT2D eigenvalue weighted by atomic mass is 19.1. The molecule has 18 heavy (non-hydrogen) atoms. The molecule has 98 valence electrons. The SMILES string of the molecule is C[C@@H](C(=O)O)N1CC[C@H](Cc2ccc(F)cc2)C1. The minimum absolute atomic E-state index is 0.216. The molecule has 1 aromatic carbocycles. The molecule has 1 N–H and O–H groups in total. The summed E-state index contributed by atoms with van der Waals surface area (Å²) >= 11 is 0. The van der Waals surface area contributed by atoms with E-state index in [4.69, 9.17) is 5.11 Å². The van der Waals surface area contributed by atoms with E-state index in [2.05, 4.69) is 0 Å². The summed E-state index contributed by atoms with van der Waals surface area (Å²) in [4.78, 5) is 12.9. The van der Waals surface area contributed by atoms with Crippen LogP contribution in [0.5, 0.6) is 0 Å². The maximum atomic E-state index is 12.8. The number of hydrogen-bond acceptors (Lipinski definition) is 2. The van der Waals surface area contributed by atoms with Gasteiger partial charge in [0.1, 0.15) is 11.9 Å². The van der Waals surface area contributed by atoms with E-state index in [1.807, 2.05) is 4.90 Å². The largest absolute Gasteiger partial charge is 0.480 e. The Morgan fingerprint density at radius 3 is 2.78 bits per heavy atom. The number of carboxylic acid groups (broad SMARTS) is 1. The van der Waals surface area contributed by atoms with Crippen molar-refractivity contribution < 1.29 is 14.3 Å². The molecule has 1 heterocycles. The molecule has 0 bridgehead atoms. The molecule has 0 unspecified atom stereocenters. The first kappa shape index (κ1) is 13.0. The molecule has 3 nitrogen and oxygen atoms in total. The Morgan fingerprint density at radius 1 is 1.50 bits per heavy atom. The van der Waals surface area contributed by atoms with Crippen molar-refractivity contribution in [2.75, 3.05) is 13.1 Å². The number of likely N-dealkylation sites (tertiary alicyclic amines) is 1. The van der Waals surface area contributed by atoms with Crippen molar-refractivity contribution in [2.45, 2.75) is 25.8 Å². The zero-order valence-electron chi connectivity index (χ0n) is 10.5. The van der Waals surface area contributed by atoms with Crippen LogP contribution in [0, 0.1) is 11.7 Å². The quantitative estimate of drug-likeness (QED) is 0.891. The Hall–Kier alpha value is -1.42. The van der Waals surface area contributed by atoms with E-state index in [9.17, 15) is 9.18 Å². The molecule has 0 aliphatic carbocycles. The van der Waals surface area contributed by atoms with Crippen molar-refractivity contribution >= 4 is 5.97 Å². The lowest BCUT2D eigenvalue weighted by Gasteiger charge is -2.20.